The van der Waals surface area contributed by atoms with Gasteiger partial charge in [-0.15, -0.1) is 23.8 Å². The normalized spacial score (nSPS) is 10.8. The smallest absolute Gasteiger partial charge is 0.104 e. The van der Waals surface area contributed by atoms with Crippen molar-refractivity contribution in [2.45, 2.75) is 20.8 Å². The molecule has 2 heterocycles. The fourth-order valence-electron chi connectivity index (χ4n) is 2.94. The molecule has 24 heavy (non-hydrogen) atoms. The number of hydrogen-bond acceptors (Lipinski definition) is 5. The summed E-state index contributed by atoms with van der Waals surface area (Å²) in [5.74, 6) is 0.676. The van der Waals surface area contributed by atoms with Gasteiger partial charge < -0.3 is 0 Å². The zero-order valence-corrected chi connectivity index (χ0v) is 16.6. The van der Waals surface area contributed by atoms with Crippen molar-refractivity contribution in [2.24, 2.45) is 0 Å². The average Bonchev–Trinajstić information content (AvgIpc) is 3.13. The van der Waals surface area contributed by atoms with Crippen molar-refractivity contribution in [2.75, 3.05) is 0 Å². The van der Waals surface area contributed by atoms with E-state index < -0.39 is 0 Å². The maximum Gasteiger partial charge on any atom is 0.104 e. The molecule has 0 aliphatic carbocycles. The predicted octanol–water partition coefficient (Wildman–Crippen LogP) is 3.66. The van der Waals surface area contributed by atoms with Gasteiger partial charge in [0.15, 0.2) is 0 Å². The summed E-state index contributed by atoms with van der Waals surface area (Å²) in [6.45, 7) is 6.25. The second kappa shape index (κ2) is 6.51. The van der Waals surface area contributed by atoms with E-state index in [0.717, 1.165) is 32.6 Å². The first-order valence-electron chi connectivity index (χ1n) is 7.25. The van der Waals surface area contributed by atoms with Crippen molar-refractivity contribution in [3.05, 3.63) is 52.5 Å². The topological polar surface area (TPSA) is 56.5 Å². The fourth-order valence-corrected chi connectivity index (χ4v) is 3.58. The van der Waals surface area contributed by atoms with E-state index in [0.29, 0.717) is 5.82 Å². The van der Waals surface area contributed by atoms with Gasteiger partial charge in [0.1, 0.15) is 5.82 Å². The third-order valence-corrected chi connectivity index (χ3v) is 4.61. The number of benzene rings is 2. The molecule has 0 unspecified atom stereocenters. The van der Waals surface area contributed by atoms with Gasteiger partial charge in [0.2, 0.25) is 0 Å². The number of nitrogens with zero attached hydrogens (tertiary/aromatic N) is 5. The van der Waals surface area contributed by atoms with Gasteiger partial charge in [-0.3, -0.25) is 4.98 Å². The first-order chi connectivity index (χ1) is 11.1. The predicted molar refractivity (Wildman–Crippen MR) is 90.8 cm³/mol. The minimum Gasteiger partial charge on any atom is -0.265 e. The molecule has 0 spiro atoms. The van der Waals surface area contributed by atoms with Gasteiger partial charge in [-0.05, 0) is 52.5 Å². The van der Waals surface area contributed by atoms with Crippen LogP contribution in [-0.2, 0) is 20.1 Å². The summed E-state index contributed by atoms with van der Waals surface area (Å²) in [7, 11) is 0. The van der Waals surface area contributed by atoms with Crippen molar-refractivity contribution >= 4 is 21.6 Å². The van der Waals surface area contributed by atoms with Crippen LogP contribution in [-0.4, -0.2) is 25.2 Å². The fraction of sp³-hybridized carbons (Fsp3) is 0.176. The van der Waals surface area contributed by atoms with Crippen LogP contribution in [0.25, 0.3) is 27.3 Å². The van der Waals surface area contributed by atoms with E-state index in [1.165, 1.54) is 5.56 Å². The number of aromatic nitrogens is 5. The van der Waals surface area contributed by atoms with E-state index in [1.807, 2.05) is 17.6 Å². The van der Waals surface area contributed by atoms with E-state index in [1.54, 1.807) is 16.0 Å². The maximum absolute atomic E-state index is 4.36. The van der Waals surface area contributed by atoms with Crippen LogP contribution in [0, 0.1) is 26.8 Å². The van der Waals surface area contributed by atoms with Crippen LogP contribution in [0.4, 0.5) is 0 Å². The SMILES string of the molecule is Cc1cc(C)c(-n2nnnc2-c2[c-]cc3scnc3c2)c(C)c1.[Ir]. The molecule has 123 valence electrons. The number of hydrogen-bond donors (Lipinski definition) is 0. The number of fused-ring (bicyclic) bond motifs is 1. The minimum atomic E-state index is 0. The second-order valence-corrected chi connectivity index (χ2v) is 6.50. The molecule has 1 radical (unpaired) electrons. The van der Waals surface area contributed by atoms with Gasteiger partial charge in [0.25, 0.3) is 0 Å². The number of tetrazole rings is 1. The Hall–Kier alpha value is -1.95. The third-order valence-electron chi connectivity index (χ3n) is 3.82. The van der Waals surface area contributed by atoms with Crippen LogP contribution in [0.1, 0.15) is 16.7 Å². The van der Waals surface area contributed by atoms with Gasteiger partial charge >= 0.3 is 0 Å². The van der Waals surface area contributed by atoms with Crippen LogP contribution in [0.5, 0.6) is 0 Å². The summed E-state index contributed by atoms with van der Waals surface area (Å²) < 4.78 is 2.89. The monoisotopic (exact) mass is 513 g/mol. The molecule has 2 aromatic heterocycles. The van der Waals surface area contributed by atoms with Crippen molar-refractivity contribution in [1.29, 1.82) is 0 Å². The van der Waals surface area contributed by atoms with Crippen LogP contribution in [0.3, 0.4) is 0 Å². The number of rotatable bonds is 2. The Morgan fingerprint density at radius 2 is 1.83 bits per heavy atom. The van der Waals surface area contributed by atoms with E-state index >= 15 is 0 Å². The van der Waals surface area contributed by atoms with Gasteiger partial charge in [-0.25, -0.2) is 4.68 Å². The third kappa shape index (κ3) is 2.79. The molecular formula is C17H14IrN5S-. The summed E-state index contributed by atoms with van der Waals surface area (Å²) in [6.07, 6.45) is 0. The molecule has 2 aromatic carbocycles. The summed E-state index contributed by atoms with van der Waals surface area (Å²) in [5.41, 5.74) is 8.15. The Morgan fingerprint density at radius 1 is 1.08 bits per heavy atom. The van der Waals surface area contributed by atoms with Crippen LogP contribution in [0.15, 0.2) is 29.8 Å². The molecule has 0 N–H and O–H groups in total. The van der Waals surface area contributed by atoms with E-state index in [4.69, 9.17) is 0 Å². The van der Waals surface area contributed by atoms with Crippen molar-refractivity contribution in [3.8, 4) is 17.1 Å². The molecule has 0 saturated heterocycles. The molecule has 0 aliphatic heterocycles. The van der Waals surface area contributed by atoms with Gasteiger partial charge in [0, 0.05) is 20.1 Å². The van der Waals surface area contributed by atoms with Gasteiger partial charge in [-0.1, -0.05) is 17.7 Å². The molecular weight excluding hydrogens is 499 g/mol. The zero-order valence-electron chi connectivity index (χ0n) is 13.4. The molecule has 4 aromatic rings. The quantitative estimate of drug-likeness (QED) is 0.385. The van der Waals surface area contributed by atoms with E-state index in [9.17, 15) is 0 Å². The van der Waals surface area contributed by atoms with E-state index in [-0.39, 0.29) is 20.1 Å². The molecule has 0 bridgehead atoms. The van der Waals surface area contributed by atoms with Gasteiger partial charge in [-0.2, -0.15) is 16.4 Å². The first kappa shape index (κ1) is 16.9. The summed E-state index contributed by atoms with van der Waals surface area (Å²) in [6, 6.07) is 11.5. The largest absolute Gasteiger partial charge is 0.265 e. The summed E-state index contributed by atoms with van der Waals surface area (Å²) in [5, 5.41) is 12.3. The summed E-state index contributed by atoms with van der Waals surface area (Å²) >= 11 is 1.60. The number of aryl methyl sites for hydroxylation is 3. The number of thiazole rings is 1. The molecule has 5 nitrogen and oxygen atoms in total. The van der Waals surface area contributed by atoms with Crippen molar-refractivity contribution in [3.63, 3.8) is 0 Å². The van der Waals surface area contributed by atoms with Gasteiger partial charge in [0.05, 0.1) is 11.2 Å². The minimum absolute atomic E-state index is 0. The second-order valence-electron chi connectivity index (χ2n) is 5.61. The molecule has 0 aliphatic rings. The van der Waals surface area contributed by atoms with Crippen LogP contribution < -0.4 is 0 Å². The first-order valence-corrected chi connectivity index (χ1v) is 8.13. The van der Waals surface area contributed by atoms with Crippen molar-refractivity contribution in [1.82, 2.24) is 25.2 Å². The standard InChI is InChI=1S/C17H14N5S.Ir/c1-10-6-11(2)16(12(3)7-10)22-17(19-20-21-22)13-4-5-15-14(8-13)18-9-23-15;/h5-9H,1-3H3;/q-1;. The Labute approximate surface area is 157 Å². The Balaban J connectivity index is 0.00000169. The van der Waals surface area contributed by atoms with Crippen molar-refractivity contribution < 1.29 is 20.1 Å². The molecule has 0 saturated carbocycles. The Kier molecular flexibility index (Phi) is 4.58. The zero-order chi connectivity index (χ0) is 16.0. The average molecular weight is 513 g/mol. The molecule has 0 fully saturated rings. The molecule has 4 rings (SSSR count). The Bertz CT molecular complexity index is 998. The van der Waals surface area contributed by atoms with Crippen LogP contribution >= 0.6 is 11.3 Å². The van der Waals surface area contributed by atoms with Crippen LogP contribution in [0.2, 0.25) is 0 Å². The summed E-state index contributed by atoms with van der Waals surface area (Å²) in [4.78, 5) is 4.36. The molecule has 0 atom stereocenters. The van der Waals surface area contributed by atoms with E-state index in [2.05, 4.69) is 59.5 Å². The molecule has 0 amide bonds. The maximum atomic E-state index is 4.36. The molecule has 7 heteroatoms. The Morgan fingerprint density at radius 3 is 2.58 bits per heavy atom.